The third-order valence-electron chi connectivity index (χ3n) is 3.84. The van der Waals surface area contributed by atoms with Gasteiger partial charge in [0, 0.05) is 37.7 Å². The Kier molecular flexibility index (Phi) is 6.54. The first-order valence-electron chi connectivity index (χ1n) is 8.28. The van der Waals surface area contributed by atoms with Gasteiger partial charge in [-0.25, -0.2) is 0 Å². The van der Waals surface area contributed by atoms with Crippen LogP contribution in [0.25, 0.3) is 0 Å². The summed E-state index contributed by atoms with van der Waals surface area (Å²) in [7, 11) is 0. The van der Waals surface area contributed by atoms with Gasteiger partial charge < -0.3 is 15.0 Å². The molecule has 0 aromatic heterocycles. The summed E-state index contributed by atoms with van der Waals surface area (Å²) in [4.78, 5) is 2.49. The second-order valence-electron chi connectivity index (χ2n) is 7.28. The zero-order valence-corrected chi connectivity index (χ0v) is 14.9. The predicted octanol–water partition coefficient (Wildman–Crippen LogP) is 3.60. The molecule has 0 amide bonds. The molecule has 1 heterocycles. The minimum Gasteiger partial charge on any atom is -0.493 e. The van der Waals surface area contributed by atoms with Gasteiger partial charge in [0.25, 0.3) is 0 Å². The Morgan fingerprint density at radius 3 is 2.59 bits per heavy atom. The first kappa shape index (κ1) is 17.6. The van der Waals surface area contributed by atoms with Crippen molar-refractivity contribution < 1.29 is 4.74 Å². The fourth-order valence-corrected chi connectivity index (χ4v) is 2.98. The minimum absolute atomic E-state index is 0.245. The number of hydrogen-bond acceptors (Lipinski definition) is 3. The van der Waals surface area contributed by atoms with Gasteiger partial charge in [0.2, 0.25) is 0 Å². The summed E-state index contributed by atoms with van der Waals surface area (Å²) in [5.74, 6) is 0.878. The monoisotopic (exact) mass is 324 g/mol. The Hall–Kier alpha value is -0.770. The van der Waals surface area contributed by atoms with Crippen LogP contribution in [-0.4, -0.2) is 44.2 Å². The van der Waals surface area contributed by atoms with Crippen molar-refractivity contribution >= 4 is 11.6 Å². The lowest BCUT2D eigenvalue weighted by Crippen LogP contribution is -2.43. The van der Waals surface area contributed by atoms with Crippen LogP contribution in [0.15, 0.2) is 18.2 Å². The van der Waals surface area contributed by atoms with Gasteiger partial charge >= 0.3 is 0 Å². The first-order chi connectivity index (χ1) is 10.4. The van der Waals surface area contributed by atoms with E-state index in [4.69, 9.17) is 16.3 Å². The van der Waals surface area contributed by atoms with Crippen molar-refractivity contribution in [3.05, 3.63) is 28.8 Å². The van der Waals surface area contributed by atoms with Gasteiger partial charge in [0.1, 0.15) is 5.75 Å². The van der Waals surface area contributed by atoms with Gasteiger partial charge in [0.15, 0.2) is 0 Å². The van der Waals surface area contributed by atoms with Crippen LogP contribution < -0.4 is 10.1 Å². The van der Waals surface area contributed by atoms with E-state index < -0.39 is 0 Å². The molecule has 1 N–H and O–H groups in total. The number of halogens is 1. The predicted molar refractivity (Wildman–Crippen MR) is 94.0 cm³/mol. The van der Waals surface area contributed by atoms with E-state index in [1.165, 1.54) is 5.56 Å². The van der Waals surface area contributed by atoms with Gasteiger partial charge in [-0.1, -0.05) is 38.4 Å². The molecule has 0 unspecified atom stereocenters. The van der Waals surface area contributed by atoms with Gasteiger partial charge in [0.05, 0.1) is 6.61 Å². The second kappa shape index (κ2) is 8.19. The molecule has 22 heavy (non-hydrogen) atoms. The van der Waals surface area contributed by atoms with Crippen LogP contribution >= 0.6 is 11.6 Å². The highest BCUT2D eigenvalue weighted by molar-refractivity contribution is 6.31. The first-order valence-corrected chi connectivity index (χ1v) is 8.66. The Labute approximate surface area is 140 Å². The summed E-state index contributed by atoms with van der Waals surface area (Å²) in [5, 5.41) is 4.19. The maximum absolute atomic E-state index is 6.37. The van der Waals surface area contributed by atoms with Gasteiger partial charge in [-0.2, -0.15) is 0 Å². The van der Waals surface area contributed by atoms with Crippen LogP contribution in [-0.2, 0) is 6.42 Å². The van der Waals surface area contributed by atoms with Crippen molar-refractivity contribution in [2.24, 2.45) is 5.41 Å². The molecule has 0 aliphatic carbocycles. The quantitative estimate of drug-likeness (QED) is 0.809. The van der Waals surface area contributed by atoms with Gasteiger partial charge in [-0.3, -0.25) is 0 Å². The lowest BCUT2D eigenvalue weighted by molar-refractivity contribution is 0.214. The molecule has 3 nitrogen and oxygen atoms in total. The molecule has 4 heteroatoms. The molecule has 1 saturated heterocycles. The molecule has 0 bridgehead atoms. The summed E-state index contributed by atoms with van der Waals surface area (Å²) in [6, 6.07) is 6.09. The Bertz CT molecular complexity index is 465. The highest BCUT2D eigenvalue weighted by atomic mass is 35.5. The van der Waals surface area contributed by atoms with Crippen LogP contribution in [0.4, 0.5) is 0 Å². The molecule has 1 fully saturated rings. The number of nitrogens with one attached hydrogen (secondary N) is 1. The molecule has 1 aromatic rings. The van der Waals surface area contributed by atoms with Crippen molar-refractivity contribution in [3.8, 4) is 5.75 Å². The number of benzene rings is 1. The second-order valence-corrected chi connectivity index (χ2v) is 7.69. The summed E-state index contributed by atoms with van der Waals surface area (Å²) >= 11 is 6.37. The van der Waals surface area contributed by atoms with Crippen LogP contribution in [0.3, 0.4) is 0 Å². The highest BCUT2D eigenvalue weighted by Gasteiger charge is 2.14. The van der Waals surface area contributed by atoms with E-state index >= 15 is 0 Å². The lowest BCUT2D eigenvalue weighted by Gasteiger charge is -2.27. The maximum atomic E-state index is 6.37. The van der Waals surface area contributed by atoms with Crippen molar-refractivity contribution in [2.75, 3.05) is 39.3 Å². The number of nitrogens with zero attached hydrogens (tertiary/aromatic N) is 1. The van der Waals surface area contributed by atoms with E-state index in [1.54, 1.807) is 0 Å². The SMILES string of the molecule is CC(C)(C)Cc1ccc(OCCCN2CCNCC2)cc1Cl. The van der Waals surface area contributed by atoms with Gasteiger partial charge in [-0.05, 0) is 36.0 Å². The molecule has 0 atom stereocenters. The van der Waals surface area contributed by atoms with Crippen LogP contribution in [0.1, 0.15) is 32.8 Å². The summed E-state index contributed by atoms with van der Waals surface area (Å²) in [6.45, 7) is 13.0. The van der Waals surface area contributed by atoms with E-state index in [0.29, 0.717) is 0 Å². The average Bonchev–Trinajstić information content (AvgIpc) is 2.46. The fourth-order valence-electron chi connectivity index (χ4n) is 2.75. The topological polar surface area (TPSA) is 24.5 Å². The minimum atomic E-state index is 0.245. The van der Waals surface area contributed by atoms with E-state index in [-0.39, 0.29) is 5.41 Å². The summed E-state index contributed by atoms with van der Waals surface area (Å²) in [5.41, 5.74) is 1.44. The van der Waals surface area contributed by atoms with Crippen LogP contribution in [0.5, 0.6) is 5.75 Å². The molecule has 0 spiro atoms. The molecule has 124 valence electrons. The Morgan fingerprint density at radius 1 is 1.23 bits per heavy atom. The molecule has 1 aliphatic heterocycles. The summed E-state index contributed by atoms with van der Waals surface area (Å²) in [6.07, 6.45) is 2.04. The van der Waals surface area contributed by atoms with Crippen LogP contribution in [0.2, 0.25) is 5.02 Å². The molecule has 0 radical (unpaired) electrons. The highest BCUT2D eigenvalue weighted by Crippen LogP contribution is 2.28. The third-order valence-corrected chi connectivity index (χ3v) is 4.19. The summed E-state index contributed by atoms with van der Waals surface area (Å²) < 4.78 is 5.84. The van der Waals surface area contributed by atoms with E-state index in [1.807, 2.05) is 12.1 Å². The Morgan fingerprint density at radius 2 is 1.95 bits per heavy atom. The van der Waals surface area contributed by atoms with Crippen molar-refractivity contribution in [1.29, 1.82) is 0 Å². The fraction of sp³-hybridized carbons (Fsp3) is 0.667. The molecule has 0 saturated carbocycles. The standard InChI is InChI=1S/C18H29ClN2O/c1-18(2,3)14-15-5-6-16(13-17(15)19)22-12-4-9-21-10-7-20-8-11-21/h5-6,13,20H,4,7-12,14H2,1-3H3. The number of hydrogen-bond donors (Lipinski definition) is 1. The van der Waals surface area contributed by atoms with Crippen molar-refractivity contribution in [3.63, 3.8) is 0 Å². The molecule has 1 aromatic carbocycles. The third kappa shape index (κ3) is 6.15. The number of ether oxygens (including phenoxy) is 1. The zero-order chi connectivity index (χ0) is 16.0. The van der Waals surface area contributed by atoms with E-state index in [0.717, 1.165) is 62.9 Å². The smallest absolute Gasteiger partial charge is 0.120 e. The van der Waals surface area contributed by atoms with Crippen LogP contribution in [0, 0.1) is 5.41 Å². The average molecular weight is 325 g/mol. The molecule has 1 aliphatic rings. The normalized spacial score (nSPS) is 16.7. The number of rotatable bonds is 6. The molecular formula is C18H29ClN2O. The van der Waals surface area contributed by atoms with Gasteiger partial charge in [-0.15, -0.1) is 0 Å². The largest absolute Gasteiger partial charge is 0.493 e. The number of piperazine rings is 1. The maximum Gasteiger partial charge on any atom is 0.120 e. The zero-order valence-electron chi connectivity index (χ0n) is 14.1. The Balaban J connectivity index is 1.74. The lowest BCUT2D eigenvalue weighted by atomic mass is 9.88. The van der Waals surface area contributed by atoms with Crippen molar-refractivity contribution in [2.45, 2.75) is 33.6 Å². The van der Waals surface area contributed by atoms with E-state index in [9.17, 15) is 0 Å². The molecular weight excluding hydrogens is 296 g/mol. The molecule has 2 rings (SSSR count). The van der Waals surface area contributed by atoms with Crippen molar-refractivity contribution in [1.82, 2.24) is 10.2 Å². The van der Waals surface area contributed by atoms with E-state index in [2.05, 4.69) is 37.1 Å².